The topological polar surface area (TPSA) is 46.5 Å². The summed E-state index contributed by atoms with van der Waals surface area (Å²) in [6.07, 6.45) is 2.89. The van der Waals surface area contributed by atoms with Crippen LogP contribution >= 0.6 is 0 Å². The summed E-state index contributed by atoms with van der Waals surface area (Å²) in [4.78, 5) is 11.2. The van der Waals surface area contributed by atoms with Crippen molar-refractivity contribution >= 4 is 6.29 Å². The van der Waals surface area contributed by atoms with Crippen molar-refractivity contribution < 1.29 is 14.6 Å². The first-order valence-corrected chi connectivity index (χ1v) is 5.63. The molecule has 86 valence electrons. The standard InChI is InChI=1S/C13H16O3/c14-9-13(11-5-7-16-8-6-11)10-1-3-12(15)4-2-10/h1-4,9,11,13,15H,5-8H2. The van der Waals surface area contributed by atoms with E-state index >= 15 is 0 Å². The highest BCUT2D eigenvalue weighted by Gasteiger charge is 2.24. The zero-order valence-corrected chi connectivity index (χ0v) is 9.13. The Morgan fingerprint density at radius 1 is 1.25 bits per heavy atom. The third-order valence-corrected chi connectivity index (χ3v) is 3.20. The van der Waals surface area contributed by atoms with E-state index in [4.69, 9.17) is 4.74 Å². The fourth-order valence-electron chi connectivity index (χ4n) is 2.23. The third-order valence-electron chi connectivity index (χ3n) is 3.20. The van der Waals surface area contributed by atoms with Crippen molar-refractivity contribution in [1.82, 2.24) is 0 Å². The average molecular weight is 220 g/mol. The summed E-state index contributed by atoms with van der Waals surface area (Å²) in [6.45, 7) is 1.49. The van der Waals surface area contributed by atoms with Crippen LogP contribution in [0.4, 0.5) is 0 Å². The van der Waals surface area contributed by atoms with Gasteiger partial charge in [-0.25, -0.2) is 0 Å². The monoisotopic (exact) mass is 220 g/mol. The largest absolute Gasteiger partial charge is 0.508 e. The van der Waals surface area contributed by atoms with Crippen molar-refractivity contribution in [3.05, 3.63) is 29.8 Å². The van der Waals surface area contributed by atoms with E-state index in [1.165, 1.54) is 0 Å². The molecule has 3 heteroatoms. The van der Waals surface area contributed by atoms with Crippen molar-refractivity contribution in [2.75, 3.05) is 13.2 Å². The molecule has 1 fully saturated rings. The zero-order valence-electron chi connectivity index (χ0n) is 9.13. The summed E-state index contributed by atoms with van der Waals surface area (Å²) in [7, 11) is 0. The number of hydrogen-bond donors (Lipinski definition) is 1. The minimum Gasteiger partial charge on any atom is -0.508 e. The second kappa shape index (κ2) is 5.12. The van der Waals surface area contributed by atoms with E-state index in [1.807, 2.05) is 12.1 Å². The van der Waals surface area contributed by atoms with Crippen molar-refractivity contribution in [2.24, 2.45) is 5.92 Å². The quantitative estimate of drug-likeness (QED) is 0.793. The summed E-state index contributed by atoms with van der Waals surface area (Å²) in [5.74, 6) is 0.542. The van der Waals surface area contributed by atoms with Gasteiger partial charge in [-0.2, -0.15) is 0 Å². The second-order valence-electron chi connectivity index (χ2n) is 4.20. The van der Waals surface area contributed by atoms with E-state index in [9.17, 15) is 9.90 Å². The molecule has 1 aliphatic rings. The Hall–Kier alpha value is -1.35. The number of hydrogen-bond acceptors (Lipinski definition) is 3. The van der Waals surface area contributed by atoms with Gasteiger partial charge in [-0.1, -0.05) is 12.1 Å². The van der Waals surface area contributed by atoms with Gasteiger partial charge in [-0.3, -0.25) is 0 Å². The summed E-state index contributed by atoms with van der Waals surface area (Å²) < 4.78 is 5.29. The van der Waals surface area contributed by atoms with E-state index in [0.717, 1.165) is 37.9 Å². The molecule has 0 radical (unpaired) electrons. The van der Waals surface area contributed by atoms with Crippen LogP contribution in [0.15, 0.2) is 24.3 Å². The third kappa shape index (κ3) is 2.42. The van der Waals surface area contributed by atoms with E-state index in [0.29, 0.717) is 5.92 Å². The van der Waals surface area contributed by atoms with Crippen LogP contribution in [-0.4, -0.2) is 24.6 Å². The molecule has 0 saturated carbocycles. The molecule has 1 saturated heterocycles. The number of ether oxygens (including phenoxy) is 1. The lowest BCUT2D eigenvalue weighted by Crippen LogP contribution is -2.22. The first-order chi connectivity index (χ1) is 7.81. The number of aromatic hydroxyl groups is 1. The molecule has 1 heterocycles. The van der Waals surface area contributed by atoms with E-state index in [2.05, 4.69) is 0 Å². The van der Waals surface area contributed by atoms with Crippen LogP contribution in [0.5, 0.6) is 5.75 Å². The first-order valence-electron chi connectivity index (χ1n) is 5.63. The summed E-state index contributed by atoms with van der Waals surface area (Å²) >= 11 is 0. The Labute approximate surface area is 95.0 Å². The SMILES string of the molecule is O=CC(c1ccc(O)cc1)C1CCOCC1. The van der Waals surface area contributed by atoms with Crippen LogP contribution in [0, 0.1) is 5.92 Å². The van der Waals surface area contributed by atoms with Crippen LogP contribution < -0.4 is 0 Å². The predicted molar refractivity (Wildman–Crippen MR) is 60.5 cm³/mol. The van der Waals surface area contributed by atoms with Crippen LogP contribution in [0.2, 0.25) is 0 Å². The fourth-order valence-corrected chi connectivity index (χ4v) is 2.23. The Kier molecular flexibility index (Phi) is 3.57. The van der Waals surface area contributed by atoms with E-state index in [1.54, 1.807) is 12.1 Å². The molecule has 1 atom stereocenters. The maximum atomic E-state index is 11.2. The zero-order chi connectivity index (χ0) is 11.4. The average Bonchev–Trinajstić information content (AvgIpc) is 2.34. The Morgan fingerprint density at radius 2 is 1.88 bits per heavy atom. The summed E-state index contributed by atoms with van der Waals surface area (Å²) in [5.41, 5.74) is 0.986. The minimum atomic E-state index is -0.0653. The number of carbonyl (C=O) groups is 1. The smallest absolute Gasteiger partial charge is 0.127 e. The van der Waals surface area contributed by atoms with Gasteiger partial charge in [-0.05, 0) is 36.5 Å². The molecule has 0 aromatic heterocycles. The van der Waals surface area contributed by atoms with Crippen molar-refractivity contribution in [3.63, 3.8) is 0 Å². The lowest BCUT2D eigenvalue weighted by Gasteiger charge is -2.27. The number of aldehydes is 1. The second-order valence-corrected chi connectivity index (χ2v) is 4.20. The molecule has 16 heavy (non-hydrogen) atoms. The molecule has 1 N–H and O–H groups in total. The first kappa shape index (κ1) is 11.1. The van der Waals surface area contributed by atoms with Crippen molar-refractivity contribution in [3.8, 4) is 5.75 Å². The van der Waals surface area contributed by atoms with Gasteiger partial charge in [0.25, 0.3) is 0 Å². The number of carbonyl (C=O) groups excluding carboxylic acids is 1. The highest BCUT2D eigenvalue weighted by atomic mass is 16.5. The number of benzene rings is 1. The highest BCUT2D eigenvalue weighted by Crippen LogP contribution is 2.31. The van der Waals surface area contributed by atoms with Gasteiger partial charge in [0.2, 0.25) is 0 Å². The van der Waals surface area contributed by atoms with Gasteiger partial charge in [0, 0.05) is 19.1 Å². The Bertz CT molecular complexity index is 339. The van der Waals surface area contributed by atoms with Gasteiger partial charge < -0.3 is 14.6 Å². The minimum absolute atomic E-state index is 0.0653. The molecule has 1 aliphatic heterocycles. The molecule has 1 aromatic carbocycles. The van der Waals surface area contributed by atoms with Crippen LogP contribution in [0.1, 0.15) is 24.3 Å². The van der Waals surface area contributed by atoms with Crippen LogP contribution in [0.25, 0.3) is 0 Å². The number of phenols is 1. The lowest BCUT2D eigenvalue weighted by atomic mass is 9.82. The van der Waals surface area contributed by atoms with Gasteiger partial charge >= 0.3 is 0 Å². The van der Waals surface area contributed by atoms with Gasteiger partial charge in [0.1, 0.15) is 12.0 Å². The maximum absolute atomic E-state index is 11.2. The molecule has 2 rings (SSSR count). The Balaban J connectivity index is 2.14. The molecule has 0 spiro atoms. The molecule has 0 bridgehead atoms. The fraction of sp³-hybridized carbons (Fsp3) is 0.462. The molecule has 1 unspecified atom stereocenters. The normalized spacial score (nSPS) is 19.2. The van der Waals surface area contributed by atoms with Crippen LogP contribution in [0.3, 0.4) is 0 Å². The molecule has 0 aliphatic carbocycles. The van der Waals surface area contributed by atoms with Gasteiger partial charge in [-0.15, -0.1) is 0 Å². The molecular weight excluding hydrogens is 204 g/mol. The van der Waals surface area contributed by atoms with Gasteiger partial charge in [0.05, 0.1) is 0 Å². The highest BCUT2D eigenvalue weighted by molar-refractivity contribution is 5.63. The molecule has 3 nitrogen and oxygen atoms in total. The number of phenolic OH excluding ortho intramolecular Hbond substituents is 1. The molecule has 1 aromatic rings. The van der Waals surface area contributed by atoms with E-state index < -0.39 is 0 Å². The van der Waals surface area contributed by atoms with Crippen LogP contribution in [-0.2, 0) is 9.53 Å². The lowest BCUT2D eigenvalue weighted by molar-refractivity contribution is -0.110. The van der Waals surface area contributed by atoms with E-state index in [-0.39, 0.29) is 11.7 Å². The molecular formula is C13H16O3. The Morgan fingerprint density at radius 3 is 2.44 bits per heavy atom. The van der Waals surface area contributed by atoms with Gasteiger partial charge in [0.15, 0.2) is 0 Å². The summed E-state index contributed by atoms with van der Waals surface area (Å²) in [5, 5.41) is 9.21. The number of rotatable bonds is 3. The summed E-state index contributed by atoms with van der Waals surface area (Å²) in [6, 6.07) is 6.91. The molecule has 0 amide bonds. The maximum Gasteiger partial charge on any atom is 0.127 e. The predicted octanol–water partition coefficient (Wildman–Crippen LogP) is 2.10. The van der Waals surface area contributed by atoms with Crippen molar-refractivity contribution in [2.45, 2.75) is 18.8 Å². The van der Waals surface area contributed by atoms with Crippen molar-refractivity contribution in [1.29, 1.82) is 0 Å².